The van der Waals surface area contributed by atoms with Gasteiger partial charge in [0.2, 0.25) is 11.9 Å². The van der Waals surface area contributed by atoms with Crippen molar-refractivity contribution >= 4 is 54.9 Å². The second-order valence-corrected chi connectivity index (χ2v) is 16.1. The molecule has 2 unspecified atom stereocenters. The number of aliphatic hydroxyl groups is 2. The molecule has 0 fully saturated rings. The van der Waals surface area contributed by atoms with Gasteiger partial charge in [-0.3, -0.25) is 0 Å². The molecule has 4 aromatic rings. The second-order valence-electron chi connectivity index (χ2n) is 12.4. The minimum absolute atomic E-state index is 0.0745. The molecule has 2 aliphatic heterocycles. The van der Waals surface area contributed by atoms with Gasteiger partial charge in [-0.2, -0.15) is 39.5 Å². The van der Waals surface area contributed by atoms with E-state index in [4.69, 9.17) is 16.3 Å². The van der Waals surface area contributed by atoms with E-state index in [-0.39, 0.29) is 31.9 Å². The predicted octanol–water partition coefficient (Wildman–Crippen LogP) is 5.86. The summed E-state index contributed by atoms with van der Waals surface area (Å²) in [5, 5.41) is 20.0. The molecule has 0 spiro atoms. The number of ether oxygens (including phenoxy) is 1. The molecule has 4 N–H and O–H groups in total. The van der Waals surface area contributed by atoms with Crippen LogP contribution in [0.15, 0.2) is 123 Å². The van der Waals surface area contributed by atoms with Crippen LogP contribution in [0.4, 0.5) is 50.9 Å². The van der Waals surface area contributed by atoms with Crippen LogP contribution in [-0.4, -0.2) is 83.0 Å². The van der Waals surface area contributed by atoms with Crippen molar-refractivity contribution in [3.05, 3.63) is 114 Å². The maximum Gasteiger partial charge on any atom is 0.440 e. The van der Waals surface area contributed by atoms with Crippen molar-refractivity contribution in [3.63, 3.8) is 0 Å². The van der Waals surface area contributed by atoms with Crippen LogP contribution in [0.3, 0.4) is 0 Å². The van der Waals surface area contributed by atoms with E-state index in [1.807, 2.05) is 9.44 Å². The number of methoxy groups -OCH3 is 1. The lowest BCUT2D eigenvalue weighted by Gasteiger charge is -2.25. The molecule has 2 atom stereocenters. The number of β-amino-alcohol motifs (C(OH)–C–C–N with tert-alkyl or cyclic N) is 2. The van der Waals surface area contributed by atoms with Gasteiger partial charge in [-0.15, -0.1) is 0 Å². The Hall–Kier alpha value is -5.30. The lowest BCUT2D eigenvalue weighted by Crippen LogP contribution is -2.48. The summed E-state index contributed by atoms with van der Waals surface area (Å²) in [5.41, 5.74) is -8.39. The third-order valence-corrected chi connectivity index (χ3v) is 11.3. The van der Waals surface area contributed by atoms with Crippen LogP contribution in [0.1, 0.15) is 5.56 Å². The van der Waals surface area contributed by atoms with Crippen molar-refractivity contribution in [3.8, 4) is 5.75 Å². The van der Waals surface area contributed by atoms with Gasteiger partial charge in [0.15, 0.2) is 0 Å². The van der Waals surface area contributed by atoms with Crippen molar-refractivity contribution in [1.29, 1.82) is 0 Å². The Balaban J connectivity index is 0.000000224. The number of rotatable bonds is 7. The van der Waals surface area contributed by atoms with Gasteiger partial charge in [0.1, 0.15) is 5.75 Å². The zero-order valence-electron chi connectivity index (χ0n) is 29.5. The average Bonchev–Trinajstić information content (AvgIpc) is 3.68. The van der Waals surface area contributed by atoms with Crippen LogP contribution >= 0.6 is 11.6 Å². The Morgan fingerprint density at radius 3 is 1.39 bits per heavy atom. The number of sulfonamides is 2. The fourth-order valence-corrected chi connectivity index (χ4v) is 7.54. The summed E-state index contributed by atoms with van der Waals surface area (Å²) in [6, 6.07) is 20.6. The SMILES string of the molecule is COc1ccc(N2CC(O)(C(F)(F)F)N=C2NS(=O)(=O)c2ccccc2)cc1Cl.O=S(=O)(NC1=NC(O)(C(F)(F)F)CN1c1ccc(C(F)(F)F)cc1)c1ccccc1. The molecular weight excluding hydrogens is 875 g/mol. The highest BCUT2D eigenvalue weighted by molar-refractivity contribution is 7.90. The quantitative estimate of drug-likeness (QED) is 0.166. The number of benzene rings is 4. The first-order valence-corrected chi connectivity index (χ1v) is 19.5. The standard InChI is InChI=1S/C17H15ClF3N3O4S.C17H13F6N3O3S/c1-28-14-8-7-11(9-13(14)18)24-10-16(25,17(19,20)21)22-15(24)23-29(26,27)12-5-3-2-4-6-12;18-16(19,20)11-6-8-12(9-7-11)26-10-15(27,17(21,22)23)24-14(26)25-30(28,29)13-4-2-1-3-5-13/h2-9,25H,10H2,1H3,(H,22,23);1-9,27H,10H2,(H,24,25). The highest BCUT2D eigenvalue weighted by Crippen LogP contribution is 2.40. The van der Waals surface area contributed by atoms with E-state index >= 15 is 0 Å². The van der Waals surface area contributed by atoms with Crippen LogP contribution < -0.4 is 24.0 Å². The van der Waals surface area contributed by atoms with Crippen molar-refractivity contribution in [2.24, 2.45) is 9.98 Å². The maximum absolute atomic E-state index is 13.4. The van der Waals surface area contributed by atoms with Gasteiger partial charge in [0, 0.05) is 11.4 Å². The van der Waals surface area contributed by atoms with Gasteiger partial charge in [-0.25, -0.2) is 36.3 Å². The first-order valence-electron chi connectivity index (χ1n) is 16.2. The summed E-state index contributed by atoms with van der Waals surface area (Å²) in [7, 11) is -7.29. The van der Waals surface area contributed by atoms with Gasteiger partial charge in [0.05, 0.1) is 40.6 Å². The zero-order chi connectivity index (χ0) is 43.8. The van der Waals surface area contributed by atoms with Gasteiger partial charge in [-0.05, 0) is 66.7 Å². The second kappa shape index (κ2) is 16.0. The van der Waals surface area contributed by atoms with E-state index in [1.165, 1.54) is 79.9 Å². The van der Waals surface area contributed by atoms with E-state index in [1.54, 1.807) is 6.07 Å². The highest BCUT2D eigenvalue weighted by Gasteiger charge is 2.60. The summed E-state index contributed by atoms with van der Waals surface area (Å²) in [5.74, 6) is -1.32. The molecule has 0 bridgehead atoms. The normalized spacial score (nSPS) is 20.0. The van der Waals surface area contributed by atoms with Crippen molar-refractivity contribution < 1.29 is 71.3 Å². The van der Waals surface area contributed by atoms with Gasteiger partial charge >= 0.3 is 18.5 Å². The molecule has 6 rings (SSSR count). The summed E-state index contributed by atoms with van der Waals surface area (Å²) >= 11 is 6.03. The minimum atomic E-state index is -5.27. The predicted molar refractivity (Wildman–Crippen MR) is 195 cm³/mol. The average molecular weight is 903 g/mol. The number of alkyl halides is 9. The molecule has 0 aromatic heterocycles. The van der Waals surface area contributed by atoms with Gasteiger partial charge in [-0.1, -0.05) is 48.0 Å². The first kappa shape index (κ1) is 44.8. The van der Waals surface area contributed by atoms with E-state index in [0.29, 0.717) is 17.0 Å². The number of halogens is 10. The molecule has 13 nitrogen and oxygen atoms in total. The Kier molecular flexibility index (Phi) is 12.2. The molecular formula is C34H28ClF9N6O7S2. The lowest BCUT2D eigenvalue weighted by atomic mass is 10.1. The molecule has 0 aliphatic carbocycles. The number of hydrogen-bond acceptors (Lipinski definition) is 11. The maximum atomic E-state index is 13.4. The molecule has 4 aromatic carbocycles. The molecule has 25 heteroatoms. The van der Waals surface area contributed by atoms with Crippen molar-refractivity contribution in [2.75, 3.05) is 30.0 Å². The molecule has 318 valence electrons. The van der Waals surface area contributed by atoms with Crippen LogP contribution in [0, 0.1) is 0 Å². The summed E-state index contributed by atoms with van der Waals surface area (Å²) in [4.78, 5) is 7.37. The van der Waals surface area contributed by atoms with Crippen LogP contribution in [0.5, 0.6) is 5.75 Å². The number of nitrogens with one attached hydrogen (secondary N) is 2. The molecule has 0 saturated heterocycles. The van der Waals surface area contributed by atoms with Crippen LogP contribution in [0.2, 0.25) is 5.02 Å². The van der Waals surface area contributed by atoms with E-state index < -0.39 is 80.6 Å². The Morgan fingerprint density at radius 2 is 1.03 bits per heavy atom. The van der Waals surface area contributed by atoms with Gasteiger partial charge in [0.25, 0.3) is 31.5 Å². The molecule has 0 saturated carbocycles. The van der Waals surface area contributed by atoms with Crippen LogP contribution in [-0.2, 0) is 26.2 Å². The van der Waals surface area contributed by atoms with E-state index in [0.717, 1.165) is 17.0 Å². The largest absolute Gasteiger partial charge is 0.495 e. The summed E-state index contributed by atoms with van der Waals surface area (Å²) in [6.07, 6.45) is -15.1. The first-order chi connectivity index (χ1) is 27.2. The number of nitrogens with zero attached hydrogens (tertiary/aromatic N) is 4. The molecule has 59 heavy (non-hydrogen) atoms. The molecule has 2 heterocycles. The van der Waals surface area contributed by atoms with Crippen molar-refractivity contribution in [2.45, 2.75) is 39.8 Å². The summed E-state index contributed by atoms with van der Waals surface area (Å²) < 4.78 is 177. The zero-order valence-corrected chi connectivity index (χ0v) is 31.9. The third-order valence-electron chi connectivity index (χ3n) is 8.27. The summed E-state index contributed by atoms with van der Waals surface area (Å²) in [6.45, 7) is -2.32. The van der Waals surface area contributed by atoms with E-state index in [2.05, 4.69) is 9.98 Å². The number of anilines is 2. The molecule has 2 aliphatic rings. The monoisotopic (exact) mass is 902 g/mol. The number of aliphatic imine (C=N–C) groups is 2. The topological polar surface area (TPSA) is 173 Å². The fourth-order valence-electron chi connectivity index (χ4n) is 5.23. The number of hydrogen-bond donors (Lipinski definition) is 4. The Bertz CT molecular complexity index is 2440. The fraction of sp³-hybridized carbons (Fsp3) is 0.235. The van der Waals surface area contributed by atoms with Gasteiger partial charge < -0.3 is 24.7 Å². The Morgan fingerprint density at radius 1 is 0.644 bits per heavy atom. The molecule has 0 radical (unpaired) electrons. The Labute approximate surface area is 334 Å². The molecule has 0 amide bonds. The minimum Gasteiger partial charge on any atom is -0.495 e. The van der Waals surface area contributed by atoms with Crippen molar-refractivity contribution in [1.82, 2.24) is 9.44 Å². The lowest BCUT2D eigenvalue weighted by molar-refractivity contribution is -0.249. The highest BCUT2D eigenvalue weighted by atomic mass is 35.5. The number of guanidine groups is 2. The third kappa shape index (κ3) is 9.78. The van der Waals surface area contributed by atoms with Crippen LogP contribution in [0.25, 0.3) is 0 Å². The smallest absolute Gasteiger partial charge is 0.440 e. The van der Waals surface area contributed by atoms with E-state index in [9.17, 15) is 66.6 Å².